The van der Waals surface area contributed by atoms with E-state index in [1.54, 1.807) is 23.9 Å². The smallest absolute Gasteiger partial charge is 0.237 e. The van der Waals surface area contributed by atoms with Gasteiger partial charge in [0, 0.05) is 23.7 Å². The van der Waals surface area contributed by atoms with E-state index >= 15 is 0 Å². The summed E-state index contributed by atoms with van der Waals surface area (Å²) in [5.41, 5.74) is 7.07. The Balaban J connectivity index is 1.78. The zero-order valence-electron chi connectivity index (χ0n) is 11.1. The number of thioether (sulfide) groups is 1. The van der Waals surface area contributed by atoms with Crippen LogP contribution in [0.4, 0.5) is 11.4 Å². The van der Waals surface area contributed by atoms with Crippen molar-refractivity contribution in [3.63, 3.8) is 0 Å². The van der Waals surface area contributed by atoms with Gasteiger partial charge in [-0.05, 0) is 38.0 Å². The van der Waals surface area contributed by atoms with Gasteiger partial charge >= 0.3 is 0 Å². The average molecular weight is 280 g/mol. The molecule has 1 amide bonds. The van der Waals surface area contributed by atoms with E-state index in [-0.39, 0.29) is 11.2 Å². The lowest BCUT2D eigenvalue weighted by molar-refractivity contribution is -0.115. The third kappa shape index (κ3) is 4.44. The van der Waals surface area contributed by atoms with Crippen LogP contribution in [0, 0.1) is 0 Å². The van der Waals surface area contributed by atoms with Gasteiger partial charge in [0.15, 0.2) is 0 Å². The second-order valence-electron chi connectivity index (χ2n) is 4.73. The van der Waals surface area contributed by atoms with Crippen LogP contribution in [0.25, 0.3) is 0 Å². The van der Waals surface area contributed by atoms with Crippen LogP contribution in [0.15, 0.2) is 24.3 Å². The molecule has 1 fully saturated rings. The van der Waals surface area contributed by atoms with Crippen LogP contribution in [0.2, 0.25) is 0 Å². The molecule has 104 valence electrons. The van der Waals surface area contributed by atoms with Crippen LogP contribution in [-0.4, -0.2) is 29.6 Å². The Bertz CT molecular complexity index is 433. The lowest BCUT2D eigenvalue weighted by Gasteiger charge is -2.14. The summed E-state index contributed by atoms with van der Waals surface area (Å²) in [5.74, 6) is 0.888. The van der Waals surface area contributed by atoms with Gasteiger partial charge in [-0.15, -0.1) is 11.8 Å². The van der Waals surface area contributed by atoms with Gasteiger partial charge < -0.3 is 15.8 Å². The molecule has 0 radical (unpaired) electrons. The number of carbonyl (C=O) groups excluding carboxylic acids is 1. The first-order valence-electron chi connectivity index (χ1n) is 6.55. The number of carbonyl (C=O) groups is 1. The molecule has 0 bridgehead atoms. The number of benzene rings is 1. The molecule has 0 aromatic heterocycles. The van der Waals surface area contributed by atoms with E-state index in [4.69, 9.17) is 10.5 Å². The highest BCUT2D eigenvalue weighted by molar-refractivity contribution is 8.00. The second kappa shape index (κ2) is 6.82. The molecule has 1 heterocycles. The number of amides is 1. The topological polar surface area (TPSA) is 64.3 Å². The van der Waals surface area contributed by atoms with Crippen LogP contribution >= 0.6 is 11.8 Å². The summed E-state index contributed by atoms with van der Waals surface area (Å²) in [4.78, 5) is 12.0. The first-order valence-corrected chi connectivity index (χ1v) is 7.59. The van der Waals surface area contributed by atoms with Gasteiger partial charge in [-0.2, -0.15) is 0 Å². The third-order valence-electron chi connectivity index (χ3n) is 3.08. The number of nitrogens with one attached hydrogen (secondary N) is 1. The van der Waals surface area contributed by atoms with E-state index in [1.807, 2.05) is 19.1 Å². The Morgan fingerprint density at radius 3 is 3.16 bits per heavy atom. The molecule has 1 aromatic carbocycles. The second-order valence-corrected chi connectivity index (χ2v) is 6.10. The van der Waals surface area contributed by atoms with Crippen molar-refractivity contribution >= 4 is 29.0 Å². The summed E-state index contributed by atoms with van der Waals surface area (Å²) in [7, 11) is 0. The maximum atomic E-state index is 12.0. The standard InChI is InChI=1S/C14H20N2O2S/c1-10(19-9-13-6-3-7-18-13)14(17)16-12-5-2-4-11(15)8-12/h2,4-5,8,10,13H,3,6-7,9,15H2,1H3,(H,16,17). The molecule has 0 spiro atoms. The molecule has 0 saturated carbocycles. The molecule has 2 atom stereocenters. The fraction of sp³-hybridized carbons (Fsp3) is 0.500. The van der Waals surface area contributed by atoms with Gasteiger partial charge in [0.2, 0.25) is 5.91 Å². The lowest BCUT2D eigenvalue weighted by Crippen LogP contribution is -2.24. The number of nitrogens with two attached hydrogens (primary N) is 1. The molecular formula is C14H20N2O2S. The molecule has 2 rings (SSSR count). The summed E-state index contributed by atoms with van der Waals surface area (Å²) in [5, 5.41) is 2.79. The monoisotopic (exact) mass is 280 g/mol. The van der Waals surface area contributed by atoms with Gasteiger partial charge in [-0.3, -0.25) is 4.79 Å². The predicted octanol–water partition coefficient (Wildman–Crippen LogP) is 2.51. The first-order chi connectivity index (χ1) is 9.15. The van der Waals surface area contributed by atoms with Crippen LogP contribution in [-0.2, 0) is 9.53 Å². The number of hydrogen-bond donors (Lipinski definition) is 2. The van der Waals surface area contributed by atoms with E-state index < -0.39 is 0 Å². The average Bonchev–Trinajstić information content (AvgIpc) is 2.89. The van der Waals surface area contributed by atoms with Gasteiger partial charge in [-0.25, -0.2) is 0 Å². The van der Waals surface area contributed by atoms with Gasteiger partial charge in [0.1, 0.15) is 0 Å². The number of anilines is 2. The summed E-state index contributed by atoms with van der Waals surface area (Å²) in [6.07, 6.45) is 2.55. The van der Waals surface area contributed by atoms with Gasteiger partial charge in [0.05, 0.1) is 11.4 Å². The molecule has 1 aromatic rings. The number of rotatable bonds is 5. The maximum Gasteiger partial charge on any atom is 0.237 e. The molecule has 1 saturated heterocycles. The summed E-state index contributed by atoms with van der Waals surface area (Å²) in [6, 6.07) is 7.22. The summed E-state index contributed by atoms with van der Waals surface area (Å²) >= 11 is 1.64. The summed E-state index contributed by atoms with van der Waals surface area (Å²) < 4.78 is 5.55. The van der Waals surface area contributed by atoms with Crippen LogP contribution in [0.3, 0.4) is 0 Å². The van der Waals surface area contributed by atoms with Crippen molar-refractivity contribution in [3.05, 3.63) is 24.3 Å². The quantitative estimate of drug-likeness (QED) is 0.813. The largest absolute Gasteiger partial charge is 0.399 e. The number of nitrogen functional groups attached to an aromatic ring is 1. The van der Waals surface area contributed by atoms with E-state index in [9.17, 15) is 4.79 Å². The predicted molar refractivity (Wildman–Crippen MR) is 80.4 cm³/mol. The molecule has 3 N–H and O–H groups in total. The minimum Gasteiger partial charge on any atom is -0.399 e. The van der Waals surface area contributed by atoms with Crippen molar-refractivity contribution in [2.24, 2.45) is 0 Å². The fourth-order valence-corrected chi connectivity index (χ4v) is 2.94. The molecule has 4 nitrogen and oxygen atoms in total. The molecule has 1 aliphatic heterocycles. The zero-order chi connectivity index (χ0) is 13.7. The molecule has 5 heteroatoms. The van der Waals surface area contributed by atoms with Crippen LogP contribution in [0.5, 0.6) is 0 Å². The highest BCUT2D eigenvalue weighted by Crippen LogP contribution is 2.21. The Kier molecular flexibility index (Phi) is 5.10. The number of hydrogen-bond acceptors (Lipinski definition) is 4. The Morgan fingerprint density at radius 1 is 1.63 bits per heavy atom. The van der Waals surface area contributed by atoms with Crippen LogP contribution in [0.1, 0.15) is 19.8 Å². The lowest BCUT2D eigenvalue weighted by atomic mass is 10.3. The molecular weight excluding hydrogens is 260 g/mol. The normalized spacial score (nSPS) is 20.2. The van der Waals surface area contributed by atoms with E-state index in [0.717, 1.165) is 30.9 Å². The molecule has 1 aliphatic rings. The van der Waals surface area contributed by atoms with E-state index in [2.05, 4.69) is 5.32 Å². The Labute approximate surface area is 118 Å². The van der Waals surface area contributed by atoms with Crippen molar-refractivity contribution in [1.29, 1.82) is 0 Å². The molecule has 0 aliphatic carbocycles. The summed E-state index contributed by atoms with van der Waals surface area (Å²) in [6.45, 7) is 2.77. The van der Waals surface area contributed by atoms with Crippen LogP contribution < -0.4 is 11.1 Å². The minimum atomic E-state index is -0.0920. The molecule has 19 heavy (non-hydrogen) atoms. The van der Waals surface area contributed by atoms with Crippen molar-refractivity contribution < 1.29 is 9.53 Å². The van der Waals surface area contributed by atoms with Crippen molar-refractivity contribution in [3.8, 4) is 0 Å². The highest BCUT2D eigenvalue weighted by Gasteiger charge is 2.19. The minimum absolute atomic E-state index is 0.00796. The van der Waals surface area contributed by atoms with E-state index in [1.165, 1.54) is 0 Å². The number of ether oxygens (including phenoxy) is 1. The fourth-order valence-electron chi connectivity index (χ4n) is 1.96. The van der Waals surface area contributed by atoms with Gasteiger partial charge in [0.25, 0.3) is 0 Å². The van der Waals surface area contributed by atoms with Crippen molar-refractivity contribution in [1.82, 2.24) is 0 Å². The Morgan fingerprint density at radius 2 is 2.47 bits per heavy atom. The van der Waals surface area contributed by atoms with Crippen molar-refractivity contribution in [2.75, 3.05) is 23.4 Å². The van der Waals surface area contributed by atoms with Gasteiger partial charge in [-0.1, -0.05) is 6.07 Å². The van der Waals surface area contributed by atoms with E-state index in [0.29, 0.717) is 11.8 Å². The highest BCUT2D eigenvalue weighted by atomic mass is 32.2. The zero-order valence-corrected chi connectivity index (χ0v) is 11.9. The molecule has 2 unspecified atom stereocenters. The SMILES string of the molecule is CC(SCC1CCCO1)C(=O)Nc1cccc(N)c1. The Hall–Kier alpha value is -1.20. The first kappa shape index (κ1) is 14.2. The maximum absolute atomic E-state index is 12.0. The third-order valence-corrected chi connectivity index (χ3v) is 4.36. The van der Waals surface area contributed by atoms with Crippen molar-refractivity contribution in [2.45, 2.75) is 31.1 Å².